The molecule has 2 aliphatic rings. The van der Waals surface area contributed by atoms with Crippen LogP contribution < -0.4 is 10.4 Å². The van der Waals surface area contributed by atoms with Gasteiger partial charge in [-0.05, 0) is 25.7 Å². The van der Waals surface area contributed by atoms with E-state index in [4.69, 9.17) is 9.47 Å². The zero-order valence-corrected chi connectivity index (χ0v) is 7.90. The standard InChI is InChI=1S/C9H15NO4/c11-9(12)10-6-5-7(6)14-8-3-1-2-4-13-8/h6-8,10H,1-5H2,(H,11,12)/p-1. The van der Waals surface area contributed by atoms with Crippen molar-refractivity contribution in [3.05, 3.63) is 0 Å². The van der Waals surface area contributed by atoms with Crippen molar-refractivity contribution in [2.75, 3.05) is 6.61 Å². The molecule has 1 N–H and O–H groups in total. The van der Waals surface area contributed by atoms with Gasteiger partial charge in [-0.1, -0.05) is 0 Å². The van der Waals surface area contributed by atoms with Gasteiger partial charge in [0.05, 0.1) is 12.1 Å². The van der Waals surface area contributed by atoms with Crippen LogP contribution in [0, 0.1) is 0 Å². The monoisotopic (exact) mass is 200 g/mol. The summed E-state index contributed by atoms with van der Waals surface area (Å²) in [5.74, 6) is 0. The molecule has 0 bridgehead atoms. The summed E-state index contributed by atoms with van der Waals surface area (Å²) >= 11 is 0. The van der Waals surface area contributed by atoms with E-state index in [1.807, 2.05) is 0 Å². The van der Waals surface area contributed by atoms with Crippen molar-refractivity contribution in [3.8, 4) is 0 Å². The highest BCUT2D eigenvalue weighted by molar-refractivity contribution is 5.63. The number of rotatable bonds is 3. The lowest BCUT2D eigenvalue weighted by molar-refractivity contribution is -0.251. The number of hydrogen-bond acceptors (Lipinski definition) is 4. The SMILES string of the molecule is O=C([O-])NC1CC1OC1CCCCO1. The Morgan fingerprint density at radius 2 is 2.36 bits per heavy atom. The zero-order valence-electron chi connectivity index (χ0n) is 7.90. The highest BCUT2D eigenvalue weighted by Crippen LogP contribution is 2.29. The number of amides is 1. The van der Waals surface area contributed by atoms with Crippen LogP contribution in [0.1, 0.15) is 25.7 Å². The molecule has 14 heavy (non-hydrogen) atoms. The Morgan fingerprint density at radius 1 is 1.50 bits per heavy atom. The molecule has 5 nitrogen and oxygen atoms in total. The Kier molecular flexibility index (Phi) is 2.88. The van der Waals surface area contributed by atoms with Crippen LogP contribution in [0.3, 0.4) is 0 Å². The molecular weight excluding hydrogens is 186 g/mol. The third-order valence-electron chi connectivity index (χ3n) is 2.50. The molecule has 1 aliphatic heterocycles. The summed E-state index contributed by atoms with van der Waals surface area (Å²) in [6.07, 6.45) is 2.47. The van der Waals surface area contributed by atoms with Gasteiger partial charge in [0.15, 0.2) is 6.29 Å². The second-order valence-corrected chi connectivity index (χ2v) is 3.74. The maximum Gasteiger partial charge on any atom is 0.158 e. The summed E-state index contributed by atoms with van der Waals surface area (Å²) in [7, 11) is 0. The third kappa shape index (κ3) is 2.59. The number of ether oxygens (including phenoxy) is 2. The van der Waals surface area contributed by atoms with E-state index in [0.717, 1.165) is 32.3 Å². The number of carboxylic acid groups (broad SMARTS) is 1. The van der Waals surface area contributed by atoms with Crippen LogP contribution in [-0.2, 0) is 9.47 Å². The molecule has 0 spiro atoms. The topological polar surface area (TPSA) is 70.6 Å². The van der Waals surface area contributed by atoms with Crippen molar-refractivity contribution in [3.63, 3.8) is 0 Å². The Bertz CT molecular complexity index is 215. The summed E-state index contributed by atoms with van der Waals surface area (Å²) in [5, 5.41) is 12.5. The van der Waals surface area contributed by atoms with E-state index >= 15 is 0 Å². The molecule has 0 aromatic rings. The molecule has 80 valence electrons. The quantitative estimate of drug-likeness (QED) is 0.673. The first-order valence-electron chi connectivity index (χ1n) is 5.00. The minimum absolute atomic E-state index is 0.0176. The molecule has 1 saturated heterocycles. The Hall–Kier alpha value is -0.810. The molecule has 1 amide bonds. The van der Waals surface area contributed by atoms with Gasteiger partial charge in [-0.3, -0.25) is 0 Å². The van der Waals surface area contributed by atoms with Gasteiger partial charge in [0.25, 0.3) is 0 Å². The highest BCUT2D eigenvalue weighted by atomic mass is 16.7. The summed E-state index contributed by atoms with van der Waals surface area (Å²) in [6, 6.07) is -0.0921. The smallest absolute Gasteiger partial charge is 0.158 e. The van der Waals surface area contributed by atoms with E-state index in [2.05, 4.69) is 5.32 Å². The predicted molar refractivity (Wildman–Crippen MR) is 45.4 cm³/mol. The average molecular weight is 200 g/mol. The van der Waals surface area contributed by atoms with Gasteiger partial charge in [0.1, 0.15) is 6.09 Å². The van der Waals surface area contributed by atoms with Gasteiger partial charge in [-0.2, -0.15) is 0 Å². The van der Waals surface area contributed by atoms with Crippen molar-refractivity contribution in [2.24, 2.45) is 0 Å². The largest absolute Gasteiger partial charge is 0.530 e. The van der Waals surface area contributed by atoms with Crippen molar-refractivity contribution >= 4 is 6.09 Å². The Balaban J connectivity index is 1.65. The van der Waals surface area contributed by atoms with Gasteiger partial charge >= 0.3 is 0 Å². The molecule has 0 radical (unpaired) electrons. The lowest BCUT2D eigenvalue weighted by Gasteiger charge is -2.22. The molecular formula is C9H14NO4-. The molecule has 5 heteroatoms. The van der Waals surface area contributed by atoms with E-state index in [-0.39, 0.29) is 18.4 Å². The Labute approximate surface area is 82.4 Å². The van der Waals surface area contributed by atoms with E-state index in [9.17, 15) is 9.90 Å². The number of carbonyl (C=O) groups is 1. The first-order chi connectivity index (χ1) is 6.75. The summed E-state index contributed by atoms with van der Waals surface area (Å²) in [5.41, 5.74) is 0. The molecule has 3 atom stereocenters. The fourth-order valence-corrected chi connectivity index (χ4v) is 1.64. The van der Waals surface area contributed by atoms with Crippen LogP contribution >= 0.6 is 0 Å². The van der Waals surface area contributed by atoms with Gasteiger partial charge in [0, 0.05) is 6.61 Å². The zero-order chi connectivity index (χ0) is 9.97. The van der Waals surface area contributed by atoms with E-state index in [0.29, 0.717) is 0 Å². The predicted octanol–water partition coefficient (Wildman–Crippen LogP) is -0.397. The molecule has 1 aliphatic carbocycles. The number of nitrogens with one attached hydrogen (secondary N) is 1. The van der Waals surface area contributed by atoms with E-state index in [1.165, 1.54) is 0 Å². The normalized spacial score (nSPS) is 36.4. The van der Waals surface area contributed by atoms with E-state index < -0.39 is 6.09 Å². The van der Waals surface area contributed by atoms with Gasteiger partial charge in [-0.15, -0.1) is 0 Å². The molecule has 0 aromatic heterocycles. The van der Waals surface area contributed by atoms with Crippen LogP contribution in [0.2, 0.25) is 0 Å². The number of carbonyl (C=O) groups excluding carboxylic acids is 1. The van der Waals surface area contributed by atoms with Crippen LogP contribution in [0.5, 0.6) is 0 Å². The summed E-state index contributed by atoms with van der Waals surface area (Å²) in [4.78, 5) is 10.2. The van der Waals surface area contributed by atoms with Crippen molar-refractivity contribution in [1.29, 1.82) is 0 Å². The van der Waals surface area contributed by atoms with Crippen LogP contribution in [0.15, 0.2) is 0 Å². The van der Waals surface area contributed by atoms with Gasteiger partial charge in [-0.25, -0.2) is 0 Å². The molecule has 2 fully saturated rings. The Morgan fingerprint density at radius 3 is 3.00 bits per heavy atom. The van der Waals surface area contributed by atoms with E-state index in [1.54, 1.807) is 0 Å². The van der Waals surface area contributed by atoms with Crippen molar-refractivity contribution in [2.45, 2.75) is 44.1 Å². The maximum absolute atomic E-state index is 10.2. The van der Waals surface area contributed by atoms with Crippen molar-refractivity contribution in [1.82, 2.24) is 5.32 Å². The van der Waals surface area contributed by atoms with Gasteiger partial charge in [0.2, 0.25) is 0 Å². The lowest BCUT2D eigenvalue weighted by Crippen LogP contribution is -2.39. The summed E-state index contributed by atoms with van der Waals surface area (Å²) in [6.45, 7) is 0.746. The fraction of sp³-hybridized carbons (Fsp3) is 0.889. The third-order valence-corrected chi connectivity index (χ3v) is 2.50. The minimum Gasteiger partial charge on any atom is -0.530 e. The first kappa shape index (κ1) is 9.73. The summed E-state index contributed by atoms with van der Waals surface area (Å²) < 4.78 is 10.9. The van der Waals surface area contributed by atoms with Crippen molar-refractivity contribution < 1.29 is 19.4 Å². The highest BCUT2D eigenvalue weighted by Gasteiger charge is 2.40. The lowest BCUT2D eigenvalue weighted by atomic mass is 10.2. The van der Waals surface area contributed by atoms with Crippen LogP contribution in [0.4, 0.5) is 4.79 Å². The molecule has 2 rings (SSSR count). The minimum atomic E-state index is -1.23. The average Bonchev–Trinajstić information content (AvgIpc) is 2.84. The molecule has 0 aromatic carbocycles. The molecule has 3 unspecified atom stereocenters. The number of hydrogen-bond donors (Lipinski definition) is 1. The van der Waals surface area contributed by atoms with Gasteiger partial charge < -0.3 is 24.7 Å². The second kappa shape index (κ2) is 4.14. The maximum atomic E-state index is 10.2. The second-order valence-electron chi connectivity index (χ2n) is 3.74. The first-order valence-corrected chi connectivity index (χ1v) is 5.00. The van der Waals surface area contributed by atoms with Crippen LogP contribution in [-0.4, -0.2) is 31.1 Å². The molecule has 1 heterocycles. The van der Waals surface area contributed by atoms with Crippen LogP contribution in [0.25, 0.3) is 0 Å². The fourth-order valence-electron chi connectivity index (χ4n) is 1.64. The molecule has 1 saturated carbocycles.